The van der Waals surface area contributed by atoms with Crippen LogP contribution in [0.25, 0.3) is 0 Å². The summed E-state index contributed by atoms with van der Waals surface area (Å²) in [6, 6.07) is 5.02. The maximum atomic E-state index is 11.7. The van der Waals surface area contributed by atoms with Gasteiger partial charge in [-0.05, 0) is 31.0 Å². The fourth-order valence-corrected chi connectivity index (χ4v) is 2.66. The van der Waals surface area contributed by atoms with Gasteiger partial charge < -0.3 is 20.1 Å². The lowest BCUT2D eigenvalue weighted by atomic mass is 10.0. The quantitative estimate of drug-likeness (QED) is 0.511. The smallest absolute Gasteiger partial charge is 0.323 e. The number of rotatable bonds is 10. The fourth-order valence-electron chi connectivity index (χ4n) is 2.25. The molecule has 2 N–H and O–H groups in total. The van der Waals surface area contributed by atoms with E-state index in [1.165, 1.54) is 0 Å². The van der Waals surface area contributed by atoms with Crippen molar-refractivity contribution < 1.29 is 14.3 Å². The Morgan fingerprint density at radius 3 is 2.48 bits per heavy atom. The first-order valence-electron chi connectivity index (χ1n) is 7.53. The van der Waals surface area contributed by atoms with Crippen molar-refractivity contribution >= 4 is 34.9 Å². The second-order valence-electron chi connectivity index (χ2n) is 4.93. The molecule has 0 saturated heterocycles. The van der Waals surface area contributed by atoms with Crippen molar-refractivity contribution in [2.24, 2.45) is 5.73 Å². The van der Waals surface area contributed by atoms with Gasteiger partial charge in [-0.25, -0.2) is 0 Å². The average molecular weight is 363 g/mol. The molecule has 0 fully saturated rings. The molecule has 1 rings (SSSR count). The topological polar surface area (TPSA) is 64.8 Å². The lowest BCUT2D eigenvalue weighted by Crippen LogP contribution is -2.34. The number of nitrogens with zero attached hydrogens (tertiary/aromatic N) is 1. The van der Waals surface area contributed by atoms with Gasteiger partial charge in [-0.1, -0.05) is 6.07 Å². The van der Waals surface area contributed by atoms with Crippen LogP contribution in [0.3, 0.4) is 0 Å². The van der Waals surface area contributed by atoms with Crippen molar-refractivity contribution in [3.63, 3.8) is 0 Å². The molecule has 0 amide bonds. The molecule has 23 heavy (non-hydrogen) atoms. The predicted molar refractivity (Wildman–Crippen MR) is 95.0 cm³/mol. The monoisotopic (exact) mass is 362 g/mol. The molecule has 1 atom stereocenters. The van der Waals surface area contributed by atoms with Gasteiger partial charge in [-0.2, -0.15) is 0 Å². The molecule has 0 spiro atoms. The Morgan fingerprint density at radius 2 is 1.96 bits per heavy atom. The summed E-state index contributed by atoms with van der Waals surface area (Å²) in [5.41, 5.74) is 7.71. The number of ether oxygens (including phenoxy) is 2. The second kappa shape index (κ2) is 10.6. The number of hydrogen-bond acceptors (Lipinski definition) is 5. The second-order valence-corrected chi connectivity index (χ2v) is 5.69. The number of esters is 1. The van der Waals surface area contributed by atoms with Crippen molar-refractivity contribution in [1.29, 1.82) is 0 Å². The van der Waals surface area contributed by atoms with E-state index in [4.69, 9.17) is 38.4 Å². The summed E-state index contributed by atoms with van der Waals surface area (Å²) in [7, 11) is 1.61. The Morgan fingerprint density at radius 1 is 1.30 bits per heavy atom. The van der Waals surface area contributed by atoms with Crippen LogP contribution in [0, 0.1) is 0 Å². The molecule has 0 bridgehead atoms. The van der Waals surface area contributed by atoms with Gasteiger partial charge in [-0.3, -0.25) is 4.79 Å². The molecular weight excluding hydrogens is 339 g/mol. The van der Waals surface area contributed by atoms with E-state index in [2.05, 4.69) is 4.90 Å². The van der Waals surface area contributed by atoms with Crippen LogP contribution >= 0.6 is 23.2 Å². The van der Waals surface area contributed by atoms with Crippen molar-refractivity contribution in [3.8, 4) is 5.75 Å². The van der Waals surface area contributed by atoms with E-state index in [9.17, 15) is 4.79 Å². The van der Waals surface area contributed by atoms with Gasteiger partial charge in [0.15, 0.2) is 0 Å². The van der Waals surface area contributed by atoms with E-state index in [0.29, 0.717) is 37.9 Å². The minimum atomic E-state index is -0.689. The number of methoxy groups -OCH3 is 1. The zero-order valence-electron chi connectivity index (χ0n) is 13.6. The third kappa shape index (κ3) is 6.09. The van der Waals surface area contributed by atoms with Crippen molar-refractivity contribution in [2.45, 2.75) is 19.4 Å². The molecule has 0 radical (unpaired) electrons. The summed E-state index contributed by atoms with van der Waals surface area (Å²) < 4.78 is 10.4. The van der Waals surface area contributed by atoms with E-state index in [-0.39, 0.29) is 0 Å². The number of benzene rings is 1. The van der Waals surface area contributed by atoms with Crippen LogP contribution < -0.4 is 15.4 Å². The van der Waals surface area contributed by atoms with Crippen LogP contribution in [0.5, 0.6) is 5.75 Å². The first kappa shape index (κ1) is 19.9. The van der Waals surface area contributed by atoms with Gasteiger partial charge in [-0.15, -0.1) is 23.2 Å². The molecule has 0 saturated carbocycles. The van der Waals surface area contributed by atoms with E-state index in [1.54, 1.807) is 14.0 Å². The number of carbonyl (C=O) groups is 1. The maximum Gasteiger partial charge on any atom is 0.323 e. The van der Waals surface area contributed by atoms with Crippen LogP contribution in [0.15, 0.2) is 18.2 Å². The highest BCUT2D eigenvalue weighted by Crippen LogP contribution is 2.30. The Labute approximate surface area is 147 Å². The summed E-state index contributed by atoms with van der Waals surface area (Å²) in [6.45, 7) is 3.38. The molecule has 0 unspecified atom stereocenters. The zero-order valence-corrected chi connectivity index (χ0v) is 15.1. The van der Waals surface area contributed by atoms with Crippen LogP contribution in [-0.2, 0) is 16.0 Å². The molecule has 1 aromatic rings. The molecule has 7 heteroatoms. The molecule has 130 valence electrons. The Bertz CT molecular complexity index is 494. The zero-order chi connectivity index (χ0) is 17.2. The molecule has 5 nitrogen and oxygen atoms in total. The lowest BCUT2D eigenvalue weighted by molar-refractivity contribution is -0.144. The van der Waals surface area contributed by atoms with E-state index in [1.807, 2.05) is 18.2 Å². The predicted octanol–water partition coefficient (Wildman–Crippen LogP) is 2.41. The van der Waals surface area contributed by atoms with Gasteiger partial charge >= 0.3 is 5.97 Å². The SMILES string of the molecule is CCOC(=O)[C@H](N)Cc1ccc(OC)c(N(CCCl)CCCl)c1. The van der Waals surface area contributed by atoms with Crippen molar-refractivity contribution in [2.75, 3.05) is 43.5 Å². The van der Waals surface area contributed by atoms with Crippen LogP contribution in [0.2, 0.25) is 0 Å². The number of carbonyl (C=O) groups excluding carboxylic acids is 1. The third-order valence-electron chi connectivity index (χ3n) is 3.34. The van der Waals surface area contributed by atoms with Crippen LogP contribution in [0.1, 0.15) is 12.5 Å². The van der Waals surface area contributed by atoms with Gasteiger partial charge in [0.1, 0.15) is 11.8 Å². The Kier molecular flexibility index (Phi) is 9.14. The van der Waals surface area contributed by atoms with Gasteiger partial charge in [0.25, 0.3) is 0 Å². The highest BCUT2D eigenvalue weighted by atomic mass is 35.5. The van der Waals surface area contributed by atoms with Gasteiger partial charge in [0.05, 0.1) is 19.4 Å². The van der Waals surface area contributed by atoms with Crippen LogP contribution in [0.4, 0.5) is 5.69 Å². The van der Waals surface area contributed by atoms with Gasteiger partial charge in [0.2, 0.25) is 0 Å². The Balaban J connectivity index is 2.99. The number of hydrogen-bond donors (Lipinski definition) is 1. The maximum absolute atomic E-state index is 11.7. The number of nitrogens with two attached hydrogens (primary N) is 1. The minimum absolute atomic E-state index is 0.319. The van der Waals surface area contributed by atoms with E-state index >= 15 is 0 Å². The highest BCUT2D eigenvalue weighted by molar-refractivity contribution is 6.18. The molecule has 0 aliphatic heterocycles. The number of alkyl halides is 2. The molecule has 1 aromatic carbocycles. The fraction of sp³-hybridized carbons (Fsp3) is 0.562. The Hall–Kier alpha value is -1.17. The molecule has 0 aliphatic rings. The summed E-state index contributed by atoms with van der Waals surface area (Å²) in [5, 5.41) is 0. The largest absolute Gasteiger partial charge is 0.495 e. The van der Waals surface area contributed by atoms with E-state index < -0.39 is 12.0 Å². The number of halogens is 2. The lowest BCUT2D eigenvalue weighted by Gasteiger charge is -2.25. The average Bonchev–Trinajstić information content (AvgIpc) is 2.54. The molecule has 0 aromatic heterocycles. The molecule has 0 aliphatic carbocycles. The summed E-state index contributed by atoms with van der Waals surface area (Å²) in [6.07, 6.45) is 0.394. The highest BCUT2D eigenvalue weighted by Gasteiger charge is 2.18. The minimum Gasteiger partial charge on any atom is -0.495 e. The van der Waals surface area contributed by atoms with Gasteiger partial charge in [0, 0.05) is 24.8 Å². The van der Waals surface area contributed by atoms with Crippen molar-refractivity contribution in [3.05, 3.63) is 23.8 Å². The van der Waals surface area contributed by atoms with E-state index in [0.717, 1.165) is 17.0 Å². The summed E-state index contributed by atoms with van der Waals surface area (Å²) in [4.78, 5) is 13.7. The number of anilines is 1. The molecule has 0 heterocycles. The standard InChI is InChI=1S/C16H24Cl2N2O3/c1-3-23-16(21)13(19)10-12-4-5-15(22-2)14(11-12)20(8-6-17)9-7-18/h4-5,11,13H,3,6-10,19H2,1-2H3/t13-/m1/s1. The van der Waals surface area contributed by atoms with Crippen LogP contribution in [-0.4, -0.2) is 50.6 Å². The first-order chi connectivity index (χ1) is 11.1. The normalized spacial score (nSPS) is 11.9. The first-order valence-corrected chi connectivity index (χ1v) is 8.60. The summed E-state index contributed by atoms with van der Waals surface area (Å²) >= 11 is 11.7. The van der Waals surface area contributed by atoms with Crippen molar-refractivity contribution in [1.82, 2.24) is 0 Å². The summed E-state index contributed by atoms with van der Waals surface area (Å²) in [5.74, 6) is 1.29. The third-order valence-corrected chi connectivity index (χ3v) is 3.68. The molecular formula is C16H24Cl2N2O3.